The molecule has 0 radical (unpaired) electrons. The van der Waals surface area contributed by atoms with E-state index in [4.69, 9.17) is 10.2 Å². The topological polar surface area (TPSA) is 69.6 Å². The van der Waals surface area contributed by atoms with Crippen molar-refractivity contribution in [2.24, 2.45) is 0 Å². The number of rotatable bonds is 4. The van der Waals surface area contributed by atoms with Crippen molar-refractivity contribution >= 4 is 19.6 Å². The summed E-state index contributed by atoms with van der Waals surface area (Å²) in [4.78, 5) is 10.5. The molecular weight excluding hydrogens is 177 g/mol. The first-order valence-electron chi connectivity index (χ1n) is 3.47. The molecule has 0 fully saturated rings. The van der Waals surface area contributed by atoms with Crippen LogP contribution in [0.15, 0.2) is 17.9 Å². The van der Waals surface area contributed by atoms with Gasteiger partial charge >= 0.3 is 5.97 Å². The van der Waals surface area contributed by atoms with Gasteiger partial charge in [0.15, 0.2) is 0 Å². The van der Waals surface area contributed by atoms with Crippen molar-refractivity contribution in [3.63, 3.8) is 0 Å². The molecule has 2 atom stereocenters. The minimum Gasteiger partial charge on any atom is -0.480 e. The van der Waals surface area contributed by atoms with Crippen LogP contribution in [-0.4, -0.2) is 28.8 Å². The molecule has 0 aliphatic heterocycles. The smallest absolute Gasteiger partial charge is 0.328 e. The minimum absolute atomic E-state index is 0.392. The molecule has 0 aromatic carbocycles. The second-order valence-electron chi connectivity index (χ2n) is 2.30. The lowest BCUT2D eigenvalue weighted by Crippen LogP contribution is -2.32. The summed E-state index contributed by atoms with van der Waals surface area (Å²) in [6, 6.07) is 2.78. The minimum atomic E-state index is -1.03. The van der Waals surface area contributed by atoms with Crippen molar-refractivity contribution in [2.75, 3.05) is 11.9 Å². The Morgan fingerprint density at radius 2 is 2.50 bits per heavy atom. The zero-order chi connectivity index (χ0) is 8.97. The third-order valence-electron chi connectivity index (χ3n) is 1.41. The molecule has 0 aliphatic rings. The molecule has 0 amide bonds. The summed E-state index contributed by atoms with van der Waals surface area (Å²) in [7, 11) is 0.483. The van der Waals surface area contributed by atoms with E-state index in [-0.39, 0.29) is 0 Å². The van der Waals surface area contributed by atoms with E-state index < -0.39 is 18.6 Å². The number of aliphatic hydroxyl groups is 1. The van der Waals surface area contributed by atoms with Crippen LogP contribution in [0.2, 0.25) is 0 Å². The fourth-order valence-corrected chi connectivity index (χ4v) is 1.62. The molecule has 4 nitrogen and oxygen atoms in total. The zero-order valence-corrected chi connectivity index (χ0v) is 7.32. The predicted molar refractivity (Wildman–Crippen MR) is 48.1 cm³/mol. The van der Waals surface area contributed by atoms with Gasteiger partial charge in [-0.15, -0.1) is 8.19 Å². The first-order valence-corrected chi connectivity index (χ1v) is 4.55. The highest BCUT2D eigenvalue weighted by Crippen LogP contribution is 2.21. The van der Waals surface area contributed by atoms with Gasteiger partial charge in [-0.05, 0) is 11.9 Å². The van der Waals surface area contributed by atoms with Gasteiger partial charge in [0.1, 0.15) is 6.04 Å². The molecule has 66 valence electrons. The number of carbonyl (C=O) groups is 1. The van der Waals surface area contributed by atoms with Gasteiger partial charge in [-0.25, -0.2) is 4.79 Å². The number of nitrogens with one attached hydrogen (secondary N) is 1. The lowest BCUT2D eigenvalue weighted by atomic mass is 10.3. The van der Waals surface area contributed by atoms with E-state index in [1.165, 1.54) is 0 Å². The van der Waals surface area contributed by atoms with Gasteiger partial charge < -0.3 is 15.5 Å². The Kier molecular flexibility index (Phi) is 3.14. The SMILES string of the molecule is O=C(O)[C@H](CO)Nc1ccc[pH]1. The fourth-order valence-electron chi connectivity index (χ4n) is 0.793. The van der Waals surface area contributed by atoms with E-state index in [2.05, 4.69) is 5.32 Å². The first-order chi connectivity index (χ1) is 5.74. The van der Waals surface area contributed by atoms with Gasteiger partial charge in [0.25, 0.3) is 0 Å². The van der Waals surface area contributed by atoms with Crippen LogP contribution in [0.4, 0.5) is 5.42 Å². The summed E-state index contributed by atoms with van der Waals surface area (Å²) >= 11 is 0. The lowest BCUT2D eigenvalue weighted by Gasteiger charge is -2.10. The van der Waals surface area contributed by atoms with E-state index in [0.29, 0.717) is 8.19 Å². The Labute approximate surface area is 71.3 Å². The van der Waals surface area contributed by atoms with Crippen molar-refractivity contribution in [3.8, 4) is 0 Å². The van der Waals surface area contributed by atoms with E-state index in [9.17, 15) is 4.79 Å². The van der Waals surface area contributed by atoms with Crippen molar-refractivity contribution in [1.29, 1.82) is 0 Å². The van der Waals surface area contributed by atoms with Gasteiger partial charge in [0.05, 0.1) is 12.0 Å². The fraction of sp³-hybridized carbons (Fsp3) is 0.286. The Hall–Kier alpha value is -0.990. The van der Waals surface area contributed by atoms with Gasteiger partial charge in [0, 0.05) is 0 Å². The highest BCUT2D eigenvalue weighted by molar-refractivity contribution is 7.33. The average Bonchev–Trinajstić information content (AvgIpc) is 2.51. The van der Waals surface area contributed by atoms with E-state index >= 15 is 0 Å². The Bertz CT molecular complexity index is 247. The van der Waals surface area contributed by atoms with Crippen molar-refractivity contribution in [2.45, 2.75) is 6.04 Å². The molecular formula is C7H10NO3P. The van der Waals surface area contributed by atoms with Crippen LogP contribution in [0.25, 0.3) is 0 Å². The van der Waals surface area contributed by atoms with Crippen LogP contribution >= 0.6 is 8.19 Å². The second kappa shape index (κ2) is 4.14. The summed E-state index contributed by atoms with van der Waals surface area (Å²) in [5.41, 5.74) is 0.858. The third kappa shape index (κ3) is 2.26. The Balaban J connectivity index is 2.54. The summed E-state index contributed by atoms with van der Waals surface area (Å²) in [6.07, 6.45) is 0. The number of carboxylic acids is 1. The summed E-state index contributed by atoms with van der Waals surface area (Å²) in [6.45, 7) is -0.392. The number of hydrogen-bond donors (Lipinski definition) is 3. The molecule has 1 aromatic heterocycles. The number of aliphatic hydroxyl groups excluding tert-OH is 1. The lowest BCUT2D eigenvalue weighted by molar-refractivity contribution is -0.138. The van der Waals surface area contributed by atoms with Crippen LogP contribution in [0, 0.1) is 0 Å². The highest BCUT2D eigenvalue weighted by Gasteiger charge is 2.14. The van der Waals surface area contributed by atoms with Crippen molar-refractivity contribution < 1.29 is 15.0 Å². The molecule has 1 unspecified atom stereocenters. The zero-order valence-electron chi connectivity index (χ0n) is 6.32. The monoisotopic (exact) mass is 187 g/mol. The first kappa shape index (κ1) is 9.10. The Morgan fingerprint density at radius 1 is 1.75 bits per heavy atom. The van der Waals surface area contributed by atoms with Gasteiger partial charge in [-0.2, -0.15) is 0 Å². The standard InChI is InChI=1S/C7H10NO3P/c9-4-5(7(10)11)8-6-2-1-3-12-6/h1-3,5,8-9,12H,4H2,(H,10,11)/t5-/m0/s1. The molecule has 5 heteroatoms. The predicted octanol–water partition coefficient (Wildman–Crippen LogP) is 0.575. The van der Waals surface area contributed by atoms with E-state index in [1.54, 1.807) is 0 Å². The normalized spacial score (nSPS) is 13.1. The van der Waals surface area contributed by atoms with Crippen LogP contribution in [0.1, 0.15) is 0 Å². The number of hydrogen-bond acceptors (Lipinski definition) is 3. The third-order valence-corrected chi connectivity index (χ3v) is 2.39. The molecule has 0 saturated carbocycles. The van der Waals surface area contributed by atoms with Crippen molar-refractivity contribution in [1.82, 2.24) is 0 Å². The van der Waals surface area contributed by atoms with E-state index in [1.807, 2.05) is 17.9 Å². The summed E-state index contributed by atoms with van der Waals surface area (Å²) in [5.74, 6) is 0.911. The molecule has 12 heavy (non-hydrogen) atoms. The number of aliphatic carboxylic acids is 1. The van der Waals surface area contributed by atoms with Crippen molar-refractivity contribution in [3.05, 3.63) is 17.9 Å². The Morgan fingerprint density at radius 3 is 2.92 bits per heavy atom. The van der Waals surface area contributed by atoms with Crippen LogP contribution in [-0.2, 0) is 4.79 Å². The molecule has 1 aromatic rings. The molecule has 1 heterocycles. The molecule has 1 rings (SSSR count). The maximum atomic E-state index is 10.5. The maximum absolute atomic E-state index is 10.5. The van der Waals surface area contributed by atoms with Crippen LogP contribution < -0.4 is 5.32 Å². The van der Waals surface area contributed by atoms with Crippen LogP contribution in [0.3, 0.4) is 0 Å². The van der Waals surface area contributed by atoms with E-state index in [0.717, 1.165) is 5.42 Å². The van der Waals surface area contributed by atoms with Crippen LogP contribution in [0.5, 0.6) is 0 Å². The average molecular weight is 187 g/mol. The molecule has 0 spiro atoms. The number of anilines is 1. The highest BCUT2D eigenvalue weighted by atomic mass is 31.0. The summed E-state index contributed by atoms with van der Waals surface area (Å²) in [5, 5.41) is 20.0. The van der Waals surface area contributed by atoms with Gasteiger partial charge in [-0.1, -0.05) is 6.07 Å². The largest absolute Gasteiger partial charge is 0.480 e. The summed E-state index contributed by atoms with van der Waals surface area (Å²) < 4.78 is 0. The molecule has 0 bridgehead atoms. The quantitative estimate of drug-likeness (QED) is 0.644. The number of carboxylic acid groups (broad SMARTS) is 1. The second-order valence-corrected chi connectivity index (χ2v) is 3.46. The van der Waals surface area contributed by atoms with Gasteiger partial charge in [-0.3, -0.25) is 0 Å². The molecule has 0 saturated heterocycles. The molecule has 3 N–H and O–H groups in total. The molecule has 0 aliphatic carbocycles. The van der Waals surface area contributed by atoms with Gasteiger partial charge in [0.2, 0.25) is 0 Å². The maximum Gasteiger partial charge on any atom is 0.328 e.